The van der Waals surface area contributed by atoms with E-state index in [4.69, 9.17) is 15.9 Å². The molecule has 1 aliphatic rings. The van der Waals surface area contributed by atoms with Gasteiger partial charge in [-0.3, -0.25) is 10.3 Å². The zero-order valence-corrected chi connectivity index (χ0v) is 12.2. The van der Waals surface area contributed by atoms with Crippen molar-refractivity contribution < 1.29 is 9.13 Å². The first-order valence-corrected chi connectivity index (χ1v) is 6.80. The molecule has 2 rings (SSSR count). The van der Waals surface area contributed by atoms with Crippen molar-refractivity contribution in [1.29, 1.82) is 5.41 Å². The standard InChI is InChI=1S/C15H22FN3O/c1-10-7-19(9-15(2,3)20-10)8-11-5-4-6-12(13(11)16)14(17)18/h4-6,10H,7-9H2,1-3H3,(H3,17,18). The Kier molecular flexibility index (Phi) is 4.11. The minimum Gasteiger partial charge on any atom is -0.384 e. The summed E-state index contributed by atoms with van der Waals surface area (Å²) in [5, 5.41) is 7.39. The van der Waals surface area contributed by atoms with Crippen molar-refractivity contribution in [3.8, 4) is 0 Å². The van der Waals surface area contributed by atoms with Crippen molar-refractivity contribution in [2.45, 2.75) is 39.0 Å². The molecule has 1 aliphatic heterocycles. The van der Waals surface area contributed by atoms with E-state index in [9.17, 15) is 4.39 Å². The maximum atomic E-state index is 14.3. The van der Waals surface area contributed by atoms with Crippen molar-refractivity contribution in [3.63, 3.8) is 0 Å². The molecule has 4 nitrogen and oxygen atoms in total. The highest BCUT2D eigenvalue weighted by molar-refractivity contribution is 5.95. The summed E-state index contributed by atoms with van der Waals surface area (Å²) in [5.41, 5.74) is 5.90. The van der Waals surface area contributed by atoms with Crippen LogP contribution in [0.2, 0.25) is 0 Å². The lowest BCUT2D eigenvalue weighted by atomic mass is 10.0. The van der Waals surface area contributed by atoms with Gasteiger partial charge in [0.05, 0.1) is 17.3 Å². The second-order valence-electron chi connectivity index (χ2n) is 6.05. The van der Waals surface area contributed by atoms with E-state index in [2.05, 4.69) is 4.90 Å². The van der Waals surface area contributed by atoms with Crippen molar-refractivity contribution >= 4 is 5.84 Å². The molecule has 1 heterocycles. The number of nitrogens with zero attached hydrogens (tertiary/aromatic N) is 1. The fourth-order valence-corrected chi connectivity index (χ4v) is 2.86. The van der Waals surface area contributed by atoms with Crippen LogP contribution < -0.4 is 5.73 Å². The van der Waals surface area contributed by atoms with Crippen LogP contribution >= 0.6 is 0 Å². The SMILES string of the molecule is CC1CN(Cc2cccc(C(=N)N)c2F)CC(C)(C)O1. The van der Waals surface area contributed by atoms with Gasteiger partial charge in [0.2, 0.25) is 0 Å². The topological polar surface area (TPSA) is 62.3 Å². The summed E-state index contributed by atoms with van der Waals surface area (Å²) in [6.07, 6.45) is 0.123. The quantitative estimate of drug-likeness (QED) is 0.658. The van der Waals surface area contributed by atoms with E-state index >= 15 is 0 Å². The molecule has 0 bridgehead atoms. The van der Waals surface area contributed by atoms with Gasteiger partial charge >= 0.3 is 0 Å². The molecule has 3 N–H and O–H groups in total. The Labute approximate surface area is 119 Å². The predicted molar refractivity (Wildman–Crippen MR) is 77.3 cm³/mol. The molecule has 1 fully saturated rings. The molecular formula is C15H22FN3O. The number of morpholine rings is 1. The molecule has 0 aliphatic carbocycles. The summed E-state index contributed by atoms with van der Waals surface area (Å²) in [5.74, 6) is -0.628. The third-order valence-corrected chi connectivity index (χ3v) is 3.40. The van der Waals surface area contributed by atoms with Gasteiger partial charge in [0, 0.05) is 25.2 Å². The molecule has 0 spiro atoms. The number of hydrogen-bond acceptors (Lipinski definition) is 3. The second-order valence-corrected chi connectivity index (χ2v) is 6.05. The highest BCUT2D eigenvalue weighted by atomic mass is 19.1. The van der Waals surface area contributed by atoms with Gasteiger partial charge in [0.25, 0.3) is 0 Å². The van der Waals surface area contributed by atoms with E-state index < -0.39 is 5.82 Å². The van der Waals surface area contributed by atoms with Crippen LogP contribution in [0.5, 0.6) is 0 Å². The number of hydrogen-bond donors (Lipinski definition) is 2. The number of rotatable bonds is 3. The summed E-state index contributed by atoms with van der Waals surface area (Å²) in [4.78, 5) is 2.18. The second kappa shape index (κ2) is 5.50. The summed E-state index contributed by atoms with van der Waals surface area (Å²) in [6.45, 7) is 8.13. The van der Waals surface area contributed by atoms with Crippen LogP contribution in [-0.4, -0.2) is 35.5 Å². The van der Waals surface area contributed by atoms with Crippen LogP contribution in [0.4, 0.5) is 4.39 Å². The fraction of sp³-hybridized carbons (Fsp3) is 0.533. The van der Waals surface area contributed by atoms with Crippen molar-refractivity contribution in [2.75, 3.05) is 13.1 Å². The Morgan fingerprint density at radius 2 is 2.25 bits per heavy atom. The summed E-state index contributed by atoms with van der Waals surface area (Å²) in [6, 6.07) is 5.02. The minimum atomic E-state index is -0.392. The molecule has 1 unspecified atom stereocenters. The Hall–Kier alpha value is -1.46. The number of ether oxygens (including phenoxy) is 1. The number of nitrogen functional groups attached to an aromatic ring is 1. The van der Waals surface area contributed by atoms with Crippen LogP contribution in [0.25, 0.3) is 0 Å². The lowest BCUT2D eigenvalue weighted by Gasteiger charge is -2.41. The van der Waals surface area contributed by atoms with Gasteiger partial charge in [-0.05, 0) is 26.8 Å². The van der Waals surface area contributed by atoms with Crippen LogP contribution in [0.3, 0.4) is 0 Å². The first-order valence-electron chi connectivity index (χ1n) is 6.80. The molecule has 1 saturated heterocycles. The van der Waals surface area contributed by atoms with Gasteiger partial charge in [-0.2, -0.15) is 0 Å². The molecule has 5 heteroatoms. The predicted octanol–water partition coefficient (Wildman–Crippen LogP) is 2.11. The van der Waals surface area contributed by atoms with E-state index in [-0.39, 0.29) is 23.1 Å². The smallest absolute Gasteiger partial charge is 0.138 e. The molecule has 0 saturated carbocycles. The third kappa shape index (κ3) is 3.35. The van der Waals surface area contributed by atoms with Gasteiger partial charge in [-0.15, -0.1) is 0 Å². The van der Waals surface area contributed by atoms with Gasteiger partial charge in [-0.25, -0.2) is 4.39 Å². The lowest BCUT2D eigenvalue weighted by molar-refractivity contribution is -0.130. The fourth-order valence-electron chi connectivity index (χ4n) is 2.86. The van der Waals surface area contributed by atoms with Crippen molar-refractivity contribution in [1.82, 2.24) is 4.90 Å². The number of halogens is 1. The number of benzene rings is 1. The monoisotopic (exact) mass is 279 g/mol. The van der Waals surface area contributed by atoms with Crippen LogP contribution in [0, 0.1) is 11.2 Å². The summed E-state index contributed by atoms with van der Waals surface area (Å²) < 4.78 is 20.1. The zero-order chi connectivity index (χ0) is 14.9. The van der Waals surface area contributed by atoms with Crippen LogP contribution in [-0.2, 0) is 11.3 Å². The van der Waals surface area contributed by atoms with E-state index in [1.54, 1.807) is 12.1 Å². The molecule has 110 valence electrons. The highest BCUT2D eigenvalue weighted by Crippen LogP contribution is 2.23. The maximum absolute atomic E-state index is 14.3. The van der Waals surface area contributed by atoms with E-state index in [0.717, 1.165) is 13.1 Å². The normalized spacial score (nSPS) is 22.7. The van der Waals surface area contributed by atoms with Gasteiger partial charge in [-0.1, -0.05) is 12.1 Å². The van der Waals surface area contributed by atoms with Gasteiger partial charge in [0.15, 0.2) is 0 Å². The molecule has 1 atom stereocenters. The first kappa shape index (κ1) is 14.9. The molecule has 1 aromatic rings. The van der Waals surface area contributed by atoms with Gasteiger partial charge in [0.1, 0.15) is 11.7 Å². The highest BCUT2D eigenvalue weighted by Gasteiger charge is 2.31. The largest absolute Gasteiger partial charge is 0.384 e. The molecule has 1 aromatic carbocycles. The van der Waals surface area contributed by atoms with E-state index in [1.807, 2.05) is 20.8 Å². The van der Waals surface area contributed by atoms with Crippen LogP contribution in [0.1, 0.15) is 31.9 Å². The Bertz CT molecular complexity index is 516. The summed E-state index contributed by atoms with van der Waals surface area (Å²) in [7, 11) is 0. The van der Waals surface area contributed by atoms with Gasteiger partial charge < -0.3 is 10.5 Å². The lowest BCUT2D eigenvalue weighted by Crippen LogP contribution is -2.51. The van der Waals surface area contributed by atoms with Crippen molar-refractivity contribution in [3.05, 3.63) is 35.1 Å². The number of amidine groups is 1. The molecule has 0 amide bonds. The van der Waals surface area contributed by atoms with Crippen molar-refractivity contribution in [2.24, 2.45) is 5.73 Å². The molecule has 0 aromatic heterocycles. The zero-order valence-electron chi connectivity index (χ0n) is 12.2. The Morgan fingerprint density at radius 3 is 2.85 bits per heavy atom. The molecular weight excluding hydrogens is 257 g/mol. The Morgan fingerprint density at radius 1 is 1.55 bits per heavy atom. The number of nitrogens with one attached hydrogen (secondary N) is 1. The minimum absolute atomic E-state index is 0.123. The molecule has 20 heavy (non-hydrogen) atoms. The average molecular weight is 279 g/mol. The first-order chi connectivity index (χ1) is 9.28. The number of nitrogens with two attached hydrogens (primary N) is 1. The maximum Gasteiger partial charge on any atom is 0.138 e. The van der Waals surface area contributed by atoms with E-state index in [0.29, 0.717) is 12.1 Å². The van der Waals surface area contributed by atoms with E-state index in [1.165, 1.54) is 6.07 Å². The third-order valence-electron chi connectivity index (χ3n) is 3.40. The molecule has 0 radical (unpaired) electrons. The average Bonchev–Trinajstić information content (AvgIpc) is 2.28. The Balaban J connectivity index is 2.18. The van der Waals surface area contributed by atoms with Crippen LogP contribution in [0.15, 0.2) is 18.2 Å². The summed E-state index contributed by atoms with van der Waals surface area (Å²) >= 11 is 0.